The monoisotopic (exact) mass is 337 g/mol. The lowest BCUT2D eigenvalue weighted by Crippen LogP contribution is -2.46. The number of rotatable bonds is 4. The number of carbonyl (C=O) groups excluding carboxylic acids is 2. The van der Waals surface area contributed by atoms with Crippen LogP contribution in [0.5, 0.6) is 0 Å². The molecule has 2 rings (SSSR count). The van der Waals surface area contributed by atoms with Crippen molar-refractivity contribution in [2.75, 3.05) is 13.6 Å². The number of hydrogen-bond donors (Lipinski definition) is 1. The van der Waals surface area contributed by atoms with Crippen LogP contribution in [0.1, 0.15) is 31.3 Å². The van der Waals surface area contributed by atoms with Crippen molar-refractivity contribution in [1.29, 1.82) is 0 Å². The van der Waals surface area contributed by atoms with E-state index in [9.17, 15) is 9.59 Å². The van der Waals surface area contributed by atoms with E-state index in [0.29, 0.717) is 5.69 Å². The molecule has 0 aliphatic rings. The highest BCUT2D eigenvalue weighted by Gasteiger charge is 2.20. The van der Waals surface area contributed by atoms with E-state index in [1.54, 1.807) is 23.8 Å². The van der Waals surface area contributed by atoms with E-state index >= 15 is 0 Å². The van der Waals surface area contributed by atoms with Crippen molar-refractivity contribution >= 4 is 34.5 Å². The lowest BCUT2D eigenvalue weighted by molar-refractivity contribution is -0.122. The van der Waals surface area contributed by atoms with Gasteiger partial charge in [0.15, 0.2) is 0 Å². The van der Waals surface area contributed by atoms with Crippen LogP contribution in [-0.2, 0) is 4.79 Å². The van der Waals surface area contributed by atoms with Gasteiger partial charge in [0.2, 0.25) is 5.91 Å². The lowest BCUT2D eigenvalue weighted by atomic mass is 10.1. The molecule has 0 radical (unpaired) electrons. The van der Waals surface area contributed by atoms with Gasteiger partial charge in [-0.15, -0.1) is 11.3 Å². The summed E-state index contributed by atoms with van der Waals surface area (Å²) in [5, 5.41) is 9.35. The minimum absolute atomic E-state index is 0.0153. The van der Waals surface area contributed by atoms with Crippen LogP contribution in [0.4, 0.5) is 0 Å². The van der Waals surface area contributed by atoms with Crippen LogP contribution in [0.3, 0.4) is 0 Å². The Morgan fingerprint density at radius 3 is 2.64 bits per heavy atom. The highest BCUT2D eigenvalue weighted by Crippen LogP contribution is 2.26. The molecule has 2 amide bonds. The average molecular weight is 337 g/mol. The highest BCUT2D eigenvalue weighted by molar-refractivity contribution is 7.14. The Morgan fingerprint density at radius 2 is 2.05 bits per heavy atom. The average Bonchev–Trinajstić information content (AvgIpc) is 3.06. The van der Waals surface area contributed by atoms with Crippen molar-refractivity contribution in [3.63, 3.8) is 0 Å². The van der Waals surface area contributed by atoms with Gasteiger partial charge in [-0.05, 0) is 32.2 Å². The fraction of sp³-hybridized carbons (Fsp3) is 0.400. The normalized spacial score (nSPS) is 11.3. The molecule has 2 aromatic heterocycles. The van der Waals surface area contributed by atoms with E-state index in [2.05, 4.69) is 10.3 Å². The second-order valence-corrected chi connectivity index (χ2v) is 7.65. The topological polar surface area (TPSA) is 62.3 Å². The summed E-state index contributed by atoms with van der Waals surface area (Å²) in [6, 6.07) is 1.97. The van der Waals surface area contributed by atoms with Crippen molar-refractivity contribution in [2.24, 2.45) is 0 Å². The Bertz CT molecular complexity index is 657. The molecule has 0 aliphatic carbocycles. The molecule has 0 unspecified atom stereocenters. The van der Waals surface area contributed by atoms with Gasteiger partial charge in [0.1, 0.15) is 10.7 Å². The number of amides is 2. The van der Waals surface area contributed by atoms with Crippen LogP contribution in [-0.4, -0.2) is 40.8 Å². The van der Waals surface area contributed by atoms with Gasteiger partial charge in [0, 0.05) is 28.9 Å². The first-order valence-corrected chi connectivity index (χ1v) is 8.63. The molecule has 22 heavy (non-hydrogen) atoms. The summed E-state index contributed by atoms with van der Waals surface area (Å²) in [6.07, 6.45) is 0. The van der Waals surface area contributed by atoms with E-state index < -0.39 is 0 Å². The smallest absolute Gasteiger partial charge is 0.273 e. The quantitative estimate of drug-likeness (QED) is 0.933. The highest BCUT2D eigenvalue weighted by atomic mass is 32.1. The van der Waals surface area contributed by atoms with Gasteiger partial charge >= 0.3 is 0 Å². The standard InChI is InChI=1S/C15H19N3O2S2/c1-15(2,3)17-12(19)7-18(4)14(20)11-9-22-13(16-11)10-5-6-21-8-10/h5-6,8-9H,7H2,1-4H3,(H,17,19). The Labute approximate surface area is 138 Å². The third kappa shape index (κ3) is 4.38. The molecule has 0 fully saturated rings. The Morgan fingerprint density at radius 1 is 1.32 bits per heavy atom. The number of nitrogens with one attached hydrogen (secondary N) is 1. The molecule has 0 aliphatic heterocycles. The minimum atomic E-state index is -0.312. The Hall–Kier alpha value is -1.73. The molecule has 5 nitrogen and oxygen atoms in total. The van der Waals surface area contributed by atoms with Crippen molar-refractivity contribution < 1.29 is 9.59 Å². The fourth-order valence-corrected chi connectivity index (χ4v) is 3.34. The molecule has 118 valence electrons. The third-order valence-corrected chi connectivity index (χ3v) is 4.31. The Balaban J connectivity index is 2.00. The summed E-state index contributed by atoms with van der Waals surface area (Å²) in [5.41, 5.74) is 1.08. The first kappa shape index (κ1) is 16.6. The first-order chi connectivity index (χ1) is 10.3. The molecule has 0 bridgehead atoms. The molecule has 0 saturated carbocycles. The summed E-state index contributed by atoms with van der Waals surface area (Å²) in [4.78, 5) is 29.9. The summed E-state index contributed by atoms with van der Waals surface area (Å²) < 4.78 is 0. The minimum Gasteiger partial charge on any atom is -0.350 e. The summed E-state index contributed by atoms with van der Waals surface area (Å²) >= 11 is 3.02. The fourth-order valence-electron chi connectivity index (χ4n) is 1.83. The van der Waals surface area contributed by atoms with Crippen LogP contribution in [0.25, 0.3) is 10.6 Å². The van der Waals surface area contributed by atoms with Gasteiger partial charge in [-0.2, -0.15) is 11.3 Å². The first-order valence-electron chi connectivity index (χ1n) is 6.81. The molecule has 0 aromatic carbocycles. The van der Waals surface area contributed by atoms with Crippen LogP contribution < -0.4 is 5.32 Å². The second kappa shape index (κ2) is 6.58. The van der Waals surface area contributed by atoms with Crippen LogP contribution in [0, 0.1) is 0 Å². The lowest BCUT2D eigenvalue weighted by Gasteiger charge is -2.23. The third-order valence-electron chi connectivity index (χ3n) is 2.73. The number of nitrogens with zero attached hydrogens (tertiary/aromatic N) is 2. The summed E-state index contributed by atoms with van der Waals surface area (Å²) in [7, 11) is 1.61. The van der Waals surface area contributed by atoms with Crippen LogP contribution >= 0.6 is 22.7 Å². The molecule has 0 saturated heterocycles. The van der Waals surface area contributed by atoms with Crippen LogP contribution in [0.15, 0.2) is 22.2 Å². The SMILES string of the molecule is CN(CC(=O)NC(C)(C)C)C(=O)c1csc(-c2ccsc2)n1. The maximum atomic E-state index is 12.3. The molecular formula is C15H19N3O2S2. The van der Waals surface area contributed by atoms with Gasteiger partial charge in [0.25, 0.3) is 5.91 Å². The molecule has 1 N–H and O–H groups in total. The molecule has 0 spiro atoms. The predicted octanol–water partition coefficient (Wildman–Crippen LogP) is 2.86. The van der Waals surface area contributed by atoms with Crippen molar-refractivity contribution in [3.8, 4) is 10.6 Å². The van der Waals surface area contributed by atoms with E-state index in [0.717, 1.165) is 10.6 Å². The maximum Gasteiger partial charge on any atom is 0.273 e. The summed E-state index contributed by atoms with van der Waals surface area (Å²) in [6.45, 7) is 5.72. The van der Waals surface area contributed by atoms with Gasteiger partial charge in [-0.1, -0.05) is 0 Å². The molecule has 0 atom stereocenters. The number of carbonyl (C=O) groups is 2. The number of thiophene rings is 1. The van der Waals surface area contributed by atoms with Gasteiger partial charge < -0.3 is 10.2 Å². The molecule has 2 heterocycles. The zero-order valence-corrected chi connectivity index (χ0v) is 14.7. The van der Waals surface area contributed by atoms with Crippen LogP contribution in [0.2, 0.25) is 0 Å². The number of thiazole rings is 1. The van der Waals surface area contributed by atoms with E-state index in [4.69, 9.17) is 0 Å². The molecule has 2 aromatic rings. The van der Waals surface area contributed by atoms with E-state index in [1.807, 2.05) is 37.6 Å². The predicted molar refractivity (Wildman–Crippen MR) is 90.3 cm³/mol. The van der Waals surface area contributed by atoms with Crippen molar-refractivity contribution in [3.05, 3.63) is 27.9 Å². The van der Waals surface area contributed by atoms with Gasteiger partial charge in [-0.3, -0.25) is 9.59 Å². The van der Waals surface area contributed by atoms with Crippen molar-refractivity contribution in [1.82, 2.24) is 15.2 Å². The largest absolute Gasteiger partial charge is 0.350 e. The van der Waals surface area contributed by atoms with Gasteiger partial charge in [-0.25, -0.2) is 4.98 Å². The molecule has 7 heteroatoms. The van der Waals surface area contributed by atoms with E-state index in [-0.39, 0.29) is 23.9 Å². The summed E-state index contributed by atoms with van der Waals surface area (Å²) in [5.74, 6) is -0.432. The number of likely N-dealkylation sites (N-methyl/N-ethyl adjacent to an activating group) is 1. The zero-order valence-electron chi connectivity index (χ0n) is 13.0. The second-order valence-electron chi connectivity index (χ2n) is 6.01. The Kier molecular flexibility index (Phi) is 4.97. The number of aromatic nitrogens is 1. The number of hydrogen-bond acceptors (Lipinski definition) is 5. The zero-order chi connectivity index (χ0) is 16.3. The van der Waals surface area contributed by atoms with E-state index in [1.165, 1.54) is 16.2 Å². The molecular weight excluding hydrogens is 318 g/mol. The van der Waals surface area contributed by atoms with Gasteiger partial charge in [0.05, 0.1) is 6.54 Å². The van der Waals surface area contributed by atoms with Crippen molar-refractivity contribution in [2.45, 2.75) is 26.3 Å². The maximum absolute atomic E-state index is 12.3.